The molecule has 6 nitrogen and oxygen atoms in total. The van der Waals surface area contributed by atoms with Crippen LogP contribution in [0.1, 0.15) is 23.3 Å². The molecule has 1 saturated carbocycles. The van der Waals surface area contributed by atoms with E-state index in [-0.39, 0.29) is 5.91 Å². The Kier molecular flexibility index (Phi) is 2.32. The number of rotatable bonds is 2. The van der Waals surface area contributed by atoms with Gasteiger partial charge >= 0.3 is 0 Å². The van der Waals surface area contributed by atoms with E-state index in [9.17, 15) is 4.79 Å². The summed E-state index contributed by atoms with van der Waals surface area (Å²) < 4.78 is 1.81. The summed E-state index contributed by atoms with van der Waals surface area (Å²) in [6.45, 7) is 1.02. The zero-order chi connectivity index (χ0) is 12.8. The van der Waals surface area contributed by atoms with Gasteiger partial charge in [0.15, 0.2) is 0 Å². The van der Waals surface area contributed by atoms with Crippen LogP contribution in [-0.4, -0.2) is 38.9 Å². The summed E-state index contributed by atoms with van der Waals surface area (Å²) in [5.74, 6) is 0.485. The summed E-state index contributed by atoms with van der Waals surface area (Å²) in [5.41, 5.74) is 1.34. The molecule has 19 heavy (non-hydrogen) atoms. The van der Waals surface area contributed by atoms with Crippen molar-refractivity contribution in [3.05, 3.63) is 30.6 Å². The Hall–Kier alpha value is -1.95. The molecule has 4 rings (SSSR count). The maximum Gasteiger partial charge on any atom is 0.271 e. The van der Waals surface area contributed by atoms with E-state index >= 15 is 0 Å². The first-order chi connectivity index (χ1) is 9.29. The third kappa shape index (κ3) is 1.79. The van der Waals surface area contributed by atoms with Gasteiger partial charge in [0, 0.05) is 24.8 Å². The standard InChI is InChI=1S/C13H15N5O/c19-13(17-11-2-9-1-8(11)3-15-9)12-6-18-7-14-4-10(18)5-16-12/h4-9,11,15H,1-3H2,(H,17,19)/t8-,9-,11-/m1/s1. The van der Waals surface area contributed by atoms with Crippen LogP contribution in [0.4, 0.5) is 0 Å². The average Bonchev–Trinajstić information content (AvgIpc) is 3.13. The second-order valence-corrected chi connectivity index (χ2v) is 5.41. The molecule has 2 aliphatic rings. The number of fused-ring (bicyclic) bond motifs is 3. The molecule has 2 aromatic rings. The number of nitrogens with one attached hydrogen (secondary N) is 2. The number of carbonyl (C=O) groups is 1. The summed E-state index contributed by atoms with van der Waals surface area (Å²) in [7, 11) is 0. The van der Waals surface area contributed by atoms with E-state index in [0.717, 1.165) is 18.5 Å². The second-order valence-electron chi connectivity index (χ2n) is 5.41. The smallest absolute Gasteiger partial charge is 0.271 e. The van der Waals surface area contributed by atoms with Crippen molar-refractivity contribution in [2.75, 3.05) is 6.54 Å². The first kappa shape index (κ1) is 10.9. The van der Waals surface area contributed by atoms with E-state index in [1.54, 1.807) is 24.9 Å². The predicted octanol–water partition coefficient (Wildman–Crippen LogP) is 0.209. The van der Waals surface area contributed by atoms with E-state index < -0.39 is 0 Å². The van der Waals surface area contributed by atoms with E-state index in [0.29, 0.717) is 23.7 Å². The fraction of sp³-hybridized carbons (Fsp3) is 0.462. The van der Waals surface area contributed by atoms with E-state index in [1.807, 2.05) is 4.40 Å². The highest BCUT2D eigenvalue weighted by Crippen LogP contribution is 2.31. The van der Waals surface area contributed by atoms with Gasteiger partial charge in [0.2, 0.25) is 0 Å². The Balaban J connectivity index is 1.53. The molecule has 2 N–H and O–H groups in total. The quantitative estimate of drug-likeness (QED) is 0.807. The lowest BCUT2D eigenvalue weighted by molar-refractivity contribution is 0.0919. The highest BCUT2D eigenvalue weighted by molar-refractivity contribution is 5.92. The van der Waals surface area contributed by atoms with Crippen molar-refractivity contribution in [3.63, 3.8) is 0 Å². The summed E-state index contributed by atoms with van der Waals surface area (Å²) in [4.78, 5) is 20.4. The average molecular weight is 257 g/mol. The number of nitrogens with zero attached hydrogens (tertiary/aromatic N) is 3. The van der Waals surface area contributed by atoms with Crippen LogP contribution in [0, 0.1) is 5.92 Å². The van der Waals surface area contributed by atoms with Crippen LogP contribution in [0.5, 0.6) is 0 Å². The molecule has 0 radical (unpaired) electrons. The van der Waals surface area contributed by atoms with Crippen molar-refractivity contribution in [1.29, 1.82) is 0 Å². The molecule has 0 unspecified atom stereocenters. The highest BCUT2D eigenvalue weighted by atomic mass is 16.2. The van der Waals surface area contributed by atoms with E-state index in [4.69, 9.17) is 0 Å². The van der Waals surface area contributed by atoms with Gasteiger partial charge in [0.25, 0.3) is 5.91 Å². The number of imidazole rings is 1. The lowest BCUT2D eigenvalue weighted by Gasteiger charge is -2.23. The molecule has 6 heteroatoms. The van der Waals surface area contributed by atoms with Crippen molar-refractivity contribution in [2.45, 2.75) is 24.9 Å². The fourth-order valence-electron chi connectivity index (χ4n) is 3.20. The zero-order valence-corrected chi connectivity index (χ0v) is 10.4. The molecule has 3 heterocycles. The van der Waals surface area contributed by atoms with Crippen LogP contribution in [-0.2, 0) is 0 Å². The number of carbonyl (C=O) groups excluding carboxylic acids is 1. The van der Waals surface area contributed by atoms with E-state index in [2.05, 4.69) is 20.6 Å². The lowest BCUT2D eigenvalue weighted by atomic mass is 10.0. The third-order valence-electron chi connectivity index (χ3n) is 4.21. The minimum absolute atomic E-state index is 0.0897. The molecule has 0 spiro atoms. The SMILES string of the molecule is O=C(N[C@@H]1C[C@H]2C[C@@H]1CN2)c1cn2cncc2cn1. The maximum atomic E-state index is 12.2. The van der Waals surface area contributed by atoms with Crippen LogP contribution in [0.25, 0.3) is 5.52 Å². The largest absolute Gasteiger partial charge is 0.348 e. The van der Waals surface area contributed by atoms with E-state index in [1.165, 1.54) is 6.42 Å². The summed E-state index contributed by atoms with van der Waals surface area (Å²) >= 11 is 0. The number of hydrogen-bond donors (Lipinski definition) is 2. The molecule has 1 aliphatic heterocycles. The van der Waals surface area contributed by atoms with Crippen LogP contribution < -0.4 is 10.6 Å². The number of piperidine rings is 1. The van der Waals surface area contributed by atoms with Gasteiger partial charge in [-0.15, -0.1) is 0 Å². The first-order valence-electron chi connectivity index (χ1n) is 6.61. The minimum Gasteiger partial charge on any atom is -0.348 e. The van der Waals surface area contributed by atoms with Gasteiger partial charge in [0.1, 0.15) is 5.69 Å². The van der Waals surface area contributed by atoms with Gasteiger partial charge in [-0.1, -0.05) is 0 Å². The van der Waals surface area contributed by atoms with Gasteiger partial charge < -0.3 is 15.0 Å². The molecule has 3 atom stereocenters. The Bertz CT molecular complexity index is 637. The van der Waals surface area contributed by atoms with Gasteiger partial charge in [-0.05, 0) is 18.8 Å². The lowest BCUT2D eigenvalue weighted by Crippen LogP contribution is -2.44. The Labute approximate surface area is 110 Å². The van der Waals surface area contributed by atoms with Gasteiger partial charge in [-0.3, -0.25) is 4.79 Å². The highest BCUT2D eigenvalue weighted by Gasteiger charge is 2.40. The summed E-state index contributed by atoms with van der Waals surface area (Å²) in [5, 5.41) is 6.55. The summed E-state index contributed by atoms with van der Waals surface area (Å²) in [6, 6.07) is 0.874. The van der Waals surface area contributed by atoms with Gasteiger partial charge in [0.05, 0.1) is 24.2 Å². The maximum absolute atomic E-state index is 12.2. The molecule has 2 bridgehead atoms. The molecule has 1 saturated heterocycles. The molecule has 1 amide bonds. The topological polar surface area (TPSA) is 71.3 Å². The molecule has 2 fully saturated rings. The number of hydrogen-bond acceptors (Lipinski definition) is 4. The Morgan fingerprint density at radius 2 is 2.37 bits per heavy atom. The molecule has 0 aromatic carbocycles. The number of aromatic nitrogens is 3. The van der Waals surface area contributed by atoms with Gasteiger partial charge in [-0.2, -0.15) is 0 Å². The fourth-order valence-corrected chi connectivity index (χ4v) is 3.20. The molecular weight excluding hydrogens is 242 g/mol. The molecule has 2 aromatic heterocycles. The third-order valence-corrected chi connectivity index (χ3v) is 4.21. The summed E-state index contributed by atoms with van der Waals surface area (Å²) in [6.07, 6.45) is 9.00. The van der Waals surface area contributed by atoms with Crippen molar-refractivity contribution < 1.29 is 4.79 Å². The first-order valence-corrected chi connectivity index (χ1v) is 6.61. The van der Waals surface area contributed by atoms with Crippen molar-refractivity contribution in [1.82, 2.24) is 25.0 Å². The van der Waals surface area contributed by atoms with Crippen LogP contribution >= 0.6 is 0 Å². The second kappa shape index (κ2) is 4.03. The molecule has 98 valence electrons. The van der Waals surface area contributed by atoms with Crippen molar-refractivity contribution >= 4 is 11.4 Å². The predicted molar refractivity (Wildman–Crippen MR) is 68.8 cm³/mol. The zero-order valence-electron chi connectivity index (χ0n) is 10.4. The normalized spacial score (nSPS) is 28.9. The molecular formula is C13H15N5O. The van der Waals surface area contributed by atoms with Crippen LogP contribution in [0.2, 0.25) is 0 Å². The Morgan fingerprint density at radius 3 is 3.16 bits per heavy atom. The van der Waals surface area contributed by atoms with Crippen LogP contribution in [0.15, 0.2) is 24.9 Å². The minimum atomic E-state index is -0.0897. The molecule has 1 aliphatic carbocycles. The van der Waals surface area contributed by atoms with Crippen LogP contribution in [0.3, 0.4) is 0 Å². The Morgan fingerprint density at radius 1 is 1.42 bits per heavy atom. The monoisotopic (exact) mass is 257 g/mol. The number of amides is 1. The van der Waals surface area contributed by atoms with Crippen molar-refractivity contribution in [2.24, 2.45) is 5.92 Å². The van der Waals surface area contributed by atoms with Crippen molar-refractivity contribution in [3.8, 4) is 0 Å². The van der Waals surface area contributed by atoms with Gasteiger partial charge in [-0.25, -0.2) is 9.97 Å².